The van der Waals surface area contributed by atoms with Gasteiger partial charge in [0.05, 0.1) is 0 Å². The van der Waals surface area contributed by atoms with Gasteiger partial charge in [-0.2, -0.15) is 0 Å². The normalized spacial score (nSPS) is 47.0. The number of nitrogens with zero attached hydrogens (tertiary/aromatic N) is 2. The lowest BCUT2D eigenvalue weighted by molar-refractivity contribution is -0.00537. The monoisotopic (exact) mass is 209 g/mol. The fourth-order valence-electron chi connectivity index (χ4n) is 3.69. The summed E-state index contributed by atoms with van der Waals surface area (Å²) in [6.45, 7) is 6.46. The first-order valence-corrected chi connectivity index (χ1v) is 6.55. The summed E-state index contributed by atoms with van der Waals surface area (Å²) in [5.41, 5.74) is 6.07. The van der Waals surface area contributed by atoms with Crippen LogP contribution in [0.3, 0.4) is 0 Å². The predicted octanol–water partition coefficient (Wildman–Crippen LogP) is 0.504. The summed E-state index contributed by atoms with van der Waals surface area (Å²) < 4.78 is 0. The van der Waals surface area contributed by atoms with Crippen molar-refractivity contribution in [2.45, 2.75) is 37.8 Å². The Kier molecular flexibility index (Phi) is 2.71. The summed E-state index contributed by atoms with van der Waals surface area (Å²) in [6, 6.07) is 1.27. The van der Waals surface area contributed by atoms with Gasteiger partial charge in [0.2, 0.25) is 0 Å². The molecule has 4 aliphatic rings. The van der Waals surface area contributed by atoms with Crippen molar-refractivity contribution in [3.8, 4) is 0 Å². The molecule has 3 heteroatoms. The molecule has 4 saturated heterocycles. The molecule has 2 atom stereocenters. The van der Waals surface area contributed by atoms with Crippen molar-refractivity contribution in [2.75, 3.05) is 32.7 Å². The van der Waals surface area contributed by atoms with Gasteiger partial charge in [-0.1, -0.05) is 0 Å². The van der Waals surface area contributed by atoms with Crippen molar-refractivity contribution in [3.63, 3.8) is 0 Å². The average Bonchev–Trinajstić information content (AvgIpc) is 2.30. The van der Waals surface area contributed by atoms with Crippen LogP contribution in [0.2, 0.25) is 0 Å². The van der Waals surface area contributed by atoms with E-state index in [0.717, 1.165) is 18.5 Å². The molecule has 0 aromatic rings. The highest BCUT2D eigenvalue weighted by atomic mass is 15.3. The lowest BCUT2D eigenvalue weighted by atomic mass is 9.82. The van der Waals surface area contributed by atoms with Gasteiger partial charge in [-0.25, -0.2) is 0 Å². The fraction of sp³-hybridized carbons (Fsp3) is 1.00. The highest BCUT2D eigenvalue weighted by Gasteiger charge is 2.38. The van der Waals surface area contributed by atoms with Crippen LogP contribution in [-0.4, -0.2) is 54.6 Å². The van der Waals surface area contributed by atoms with E-state index < -0.39 is 0 Å². The molecular weight excluding hydrogens is 186 g/mol. The Bertz CT molecular complexity index is 223. The van der Waals surface area contributed by atoms with Crippen molar-refractivity contribution in [1.29, 1.82) is 0 Å². The van der Waals surface area contributed by atoms with Crippen LogP contribution in [0.5, 0.6) is 0 Å². The van der Waals surface area contributed by atoms with E-state index in [-0.39, 0.29) is 0 Å². The van der Waals surface area contributed by atoms with Gasteiger partial charge in [0.25, 0.3) is 0 Å². The molecule has 0 aromatic heterocycles. The van der Waals surface area contributed by atoms with Crippen molar-refractivity contribution in [2.24, 2.45) is 11.7 Å². The van der Waals surface area contributed by atoms with Crippen LogP contribution in [0, 0.1) is 5.92 Å². The van der Waals surface area contributed by atoms with Crippen molar-refractivity contribution in [1.82, 2.24) is 9.80 Å². The number of rotatable bonds is 1. The Balaban J connectivity index is 1.66. The van der Waals surface area contributed by atoms with Crippen LogP contribution in [0.15, 0.2) is 0 Å². The van der Waals surface area contributed by atoms with Gasteiger partial charge in [-0.3, -0.25) is 4.90 Å². The second-order valence-electron chi connectivity index (χ2n) is 5.60. The van der Waals surface area contributed by atoms with E-state index in [2.05, 4.69) is 9.80 Å². The van der Waals surface area contributed by atoms with E-state index in [9.17, 15) is 0 Å². The maximum Gasteiger partial charge on any atom is 0.0252 e. The maximum absolute atomic E-state index is 6.07. The number of fused-ring (bicyclic) bond motifs is 3. The Labute approximate surface area is 92.6 Å². The summed E-state index contributed by atoms with van der Waals surface area (Å²) in [5.74, 6) is 0.972. The molecule has 0 aromatic carbocycles. The lowest BCUT2D eigenvalue weighted by Crippen LogP contribution is -2.60. The SMILES string of the molecule is NC1CCCN(C2CN3CCC2CC3)C1. The standard InChI is InChI=1S/C12H23N3/c13-11-2-1-5-15(8-11)12-9-14-6-3-10(12)4-7-14/h10-12H,1-9,13H2. The first kappa shape index (κ1) is 10.1. The topological polar surface area (TPSA) is 32.5 Å². The largest absolute Gasteiger partial charge is 0.327 e. The zero-order valence-corrected chi connectivity index (χ0v) is 9.57. The predicted molar refractivity (Wildman–Crippen MR) is 61.7 cm³/mol. The minimum atomic E-state index is 0.439. The van der Waals surface area contributed by atoms with Gasteiger partial charge in [-0.05, 0) is 51.2 Å². The molecule has 2 N–H and O–H groups in total. The van der Waals surface area contributed by atoms with Crippen LogP contribution in [0.25, 0.3) is 0 Å². The molecule has 86 valence electrons. The smallest absolute Gasteiger partial charge is 0.0252 e. The number of piperidine rings is 4. The van der Waals surface area contributed by atoms with Gasteiger partial charge >= 0.3 is 0 Å². The summed E-state index contributed by atoms with van der Waals surface area (Å²) in [7, 11) is 0. The maximum atomic E-state index is 6.07. The first-order valence-electron chi connectivity index (χ1n) is 6.55. The third kappa shape index (κ3) is 1.93. The van der Waals surface area contributed by atoms with Crippen LogP contribution in [0.4, 0.5) is 0 Å². The Hall–Kier alpha value is -0.120. The summed E-state index contributed by atoms with van der Waals surface area (Å²) in [4.78, 5) is 5.33. The van der Waals surface area contributed by atoms with Gasteiger partial charge in [0.1, 0.15) is 0 Å². The molecule has 2 unspecified atom stereocenters. The Morgan fingerprint density at radius 1 is 0.933 bits per heavy atom. The van der Waals surface area contributed by atoms with E-state index in [1.54, 1.807) is 0 Å². The minimum absolute atomic E-state index is 0.439. The fourth-order valence-corrected chi connectivity index (χ4v) is 3.69. The first-order chi connectivity index (χ1) is 7.33. The molecule has 3 nitrogen and oxygen atoms in total. The highest BCUT2D eigenvalue weighted by molar-refractivity contribution is 4.94. The summed E-state index contributed by atoms with van der Waals surface area (Å²) in [6.07, 6.45) is 5.40. The quantitative estimate of drug-likeness (QED) is 0.683. The van der Waals surface area contributed by atoms with Crippen molar-refractivity contribution >= 4 is 0 Å². The second-order valence-corrected chi connectivity index (χ2v) is 5.60. The highest BCUT2D eigenvalue weighted by Crippen LogP contribution is 2.31. The van der Waals surface area contributed by atoms with E-state index >= 15 is 0 Å². The van der Waals surface area contributed by atoms with E-state index in [0.29, 0.717) is 6.04 Å². The molecule has 4 heterocycles. The van der Waals surface area contributed by atoms with E-state index in [1.165, 1.54) is 51.9 Å². The number of likely N-dealkylation sites (tertiary alicyclic amines) is 1. The number of nitrogens with two attached hydrogens (primary N) is 1. The summed E-state index contributed by atoms with van der Waals surface area (Å²) in [5, 5.41) is 0. The third-order valence-electron chi connectivity index (χ3n) is 4.58. The van der Waals surface area contributed by atoms with E-state index in [1.807, 2.05) is 0 Å². The van der Waals surface area contributed by atoms with E-state index in [4.69, 9.17) is 5.73 Å². The lowest BCUT2D eigenvalue weighted by Gasteiger charge is -2.50. The minimum Gasteiger partial charge on any atom is -0.327 e. The molecule has 0 amide bonds. The zero-order chi connectivity index (χ0) is 10.3. The van der Waals surface area contributed by atoms with Gasteiger partial charge in [0, 0.05) is 25.2 Å². The number of hydrogen-bond acceptors (Lipinski definition) is 3. The van der Waals surface area contributed by atoms with Crippen LogP contribution in [-0.2, 0) is 0 Å². The Morgan fingerprint density at radius 3 is 2.33 bits per heavy atom. The van der Waals surface area contributed by atoms with Gasteiger partial charge in [0.15, 0.2) is 0 Å². The second kappa shape index (κ2) is 4.04. The van der Waals surface area contributed by atoms with Gasteiger partial charge < -0.3 is 10.6 Å². The average molecular weight is 209 g/mol. The molecular formula is C12H23N3. The van der Waals surface area contributed by atoms with Crippen molar-refractivity contribution < 1.29 is 0 Å². The molecule has 4 rings (SSSR count). The summed E-state index contributed by atoms with van der Waals surface area (Å²) >= 11 is 0. The molecule has 0 spiro atoms. The number of hydrogen-bond donors (Lipinski definition) is 1. The van der Waals surface area contributed by atoms with Crippen LogP contribution < -0.4 is 5.73 Å². The molecule has 0 saturated carbocycles. The molecule has 0 aliphatic carbocycles. The molecule has 2 bridgehead atoms. The molecule has 15 heavy (non-hydrogen) atoms. The third-order valence-corrected chi connectivity index (χ3v) is 4.58. The molecule has 4 fully saturated rings. The molecule has 0 radical (unpaired) electrons. The van der Waals surface area contributed by atoms with Gasteiger partial charge in [-0.15, -0.1) is 0 Å². The Morgan fingerprint density at radius 2 is 1.73 bits per heavy atom. The van der Waals surface area contributed by atoms with Crippen LogP contribution in [0.1, 0.15) is 25.7 Å². The molecule has 4 aliphatic heterocycles. The zero-order valence-electron chi connectivity index (χ0n) is 9.57. The van der Waals surface area contributed by atoms with Crippen molar-refractivity contribution in [3.05, 3.63) is 0 Å². The van der Waals surface area contributed by atoms with Crippen LogP contribution >= 0.6 is 0 Å².